The van der Waals surface area contributed by atoms with E-state index in [1.165, 1.54) is 17.4 Å². The maximum atomic E-state index is 13.7. The summed E-state index contributed by atoms with van der Waals surface area (Å²) >= 11 is 1.22. The van der Waals surface area contributed by atoms with Crippen LogP contribution in [0.4, 0.5) is 10.1 Å². The summed E-state index contributed by atoms with van der Waals surface area (Å²) in [5.74, 6) is 0.831. The van der Waals surface area contributed by atoms with Crippen molar-refractivity contribution >= 4 is 38.0 Å². The number of halogens is 1. The molecule has 0 atom stereocenters. The summed E-state index contributed by atoms with van der Waals surface area (Å²) < 4.78 is 20.6. The van der Waals surface area contributed by atoms with Gasteiger partial charge >= 0.3 is 0 Å². The lowest BCUT2D eigenvalue weighted by Gasteiger charge is -2.36. The molecule has 166 valence electrons. The number of piperazine rings is 1. The first kappa shape index (κ1) is 21.0. The third kappa shape index (κ3) is 4.64. The van der Waals surface area contributed by atoms with Crippen LogP contribution in [0.2, 0.25) is 0 Å². The van der Waals surface area contributed by atoms with E-state index in [4.69, 9.17) is 4.74 Å². The van der Waals surface area contributed by atoms with Gasteiger partial charge in [-0.15, -0.1) is 11.3 Å². The van der Waals surface area contributed by atoms with Crippen molar-refractivity contribution in [3.05, 3.63) is 70.1 Å². The van der Waals surface area contributed by atoms with E-state index >= 15 is 0 Å². The SMILES string of the molecule is O=c1ccc2cc(OCCCCN3CCN(c4cccc5sc(F)cc45)CC3)ccc2[nH]1. The summed E-state index contributed by atoms with van der Waals surface area (Å²) in [7, 11) is 0. The van der Waals surface area contributed by atoms with E-state index < -0.39 is 0 Å². The number of ether oxygens (including phenoxy) is 1. The molecule has 0 aliphatic carbocycles. The number of nitrogens with one attached hydrogen (secondary N) is 1. The number of unbranched alkanes of at least 4 members (excludes halogenated alkanes) is 1. The Morgan fingerprint density at radius 3 is 2.75 bits per heavy atom. The number of thiophene rings is 1. The highest BCUT2D eigenvalue weighted by Crippen LogP contribution is 2.33. The van der Waals surface area contributed by atoms with Crippen LogP contribution in [0.3, 0.4) is 0 Å². The molecule has 1 aliphatic rings. The lowest BCUT2D eigenvalue weighted by atomic mass is 10.1. The molecular formula is C25H26FN3O2S. The zero-order valence-corrected chi connectivity index (χ0v) is 18.7. The molecule has 5 nitrogen and oxygen atoms in total. The minimum atomic E-state index is -0.119. The Morgan fingerprint density at radius 1 is 1.00 bits per heavy atom. The van der Waals surface area contributed by atoms with Gasteiger partial charge in [-0.1, -0.05) is 6.07 Å². The van der Waals surface area contributed by atoms with Crippen molar-refractivity contribution in [2.24, 2.45) is 0 Å². The number of nitrogens with zero attached hydrogens (tertiary/aromatic N) is 2. The van der Waals surface area contributed by atoms with Crippen LogP contribution in [0.1, 0.15) is 12.8 Å². The number of aromatic amines is 1. The molecule has 0 radical (unpaired) electrons. The fraction of sp³-hybridized carbons (Fsp3) is 0.320. The van der Waals surface area contributed by atoms with Gasteiger partial charge in [0, 0.05) is 58.9 Å². The molecule has 0 saturated carbocycles. The van der Waals surface area contributed by atoms with E-state index in [9.17, 15) is 9.18 Å². The summed E-state index contributed by atoms with van der Waals surface area (Å²) in [6.07, 6.45) is 2.09. The second-order valence-corrected chi connectivity index (χ2v) is 9.23. The standard InChI is InChI=1S/C25H26FN3O2S/c26-24-17-20-22(4-3-5-23(20)32-24)29-13-11-28(12-14-29)10-1-2-15-31-19-7-8-21-18(16-19)6-9-25(30)27-21/h3-9,16-17H,1-2,10-15H2,(H,27,30). The summed E-state index contributed by atoms with van der Waals surface area (Å²) in [6.45, 7) is 5.71. The van der Waals surface area contributed by atoms with Crippen molar-refractivity contribution in [1.82, 2.24) is 9.88 Å². The van der Waals surface area contributed by atoms with E-state index in [1.807, 2.05) is 36.4 Å². The van der Waals surface area contributed by atoms with Crippen LogP contribution in [-0.2, 0) is 0 Å². The number of hydrogen-bond donors (Lipinski definition) is 1. The summed E-state index contributed by atoms with van der Waals surface area (Å²) in [5.41, 5.74) is 1.88. The first-order valence-electron chi connectivity index (χ1n) is 11.1. The maximum absolute atomic E-state index is 13.7. The van der Waals surface area contributed by atoms with E-state index in [0.29, 0.717) is 6.61 Å². The van der Waals surface area contributed by atoms with Crippen molar-refractivity contribution in [3.8, 4) is 5.75 Å². The lowest BCUT2D eigenvalue weighted by molar-refractivity contribution is 0.239. The number of anilines is 1. The van der Waals surface area contributed by atoms with Gasteiger partial charge < -0.3 is 14.6 Å². The maximum Gasteiger partial charge on any atom is 0.248 e. The molecular weight excluding hydrogens is 425 g/mol. The Morgan fingerprint density at radius 2 is 1.88 bits per heavy atom. The predicted molar refractivity (Wildman–Crippen MR) is 130 cm³/mol. The fourth-order valence-electron chi connectivity index (χ4n) is 4.35. The van der Waals surface area contributed by atoms with Gasteiger partial charge in [0.05, 0.1) is 6.61 Å². The lowest BCUT2D eigenvalue weighted by Crippen LogP contribution is -2.46. The van der Waals surface area contributed by atoms with E-state index in [1.54, 1.807) is 6.07 Å². The zero-order valence-electron chi connectivity index (χ0n) is 17.9. The highest BCUT2D eigenvalue weighted by Gasteiger charge is 2.19. The largest absolute Gasteiger partial charge is 0.494 e. The van der Waals surface area contributed by atoms with Crippen LogP contribution in [0.5, 0.6) is 5.75 Å². The molecule has 1 aliphatic heterocycles. The monoisotopic (exact) mass is 451 g/mol. The number of fused-ring (bicyclic) bond motifs is 2. The van der Waals surface area contributed by atoms with Crippen molar-refractivity contribution in [2.75, 3.05) is 44.2 Å². The van der Waals surface area contributed by atoms with Crippen molar-refractivity contribution in [1.29, 1.82) is 0 Å². The van der Waals surface area contributed by atoms with Gasteiger partial charge in [-0.2, -0.15) is 4.39 Å². The third-order valence-corrected chi connectivity index (χ3v) is 6.94. The molecule has 0 bridgehead atoms. The average Bonchev–Trinajstić information content (AvgIpc) is 3.19. The minimum absolute atomic E-state index is 0.0931. The molecule has 7 heteroatoms. The molecule has 0 unspecified atom stereocenters. The van der Waals surface area contributed by atoms with Crippen molar-refractivity contribution in [2.45, 2.75) is 12.8 Å². The average molecular weight is 452 g/mol. The second kappa shape index (κ2) is 9.30. The molecule has 32 heavy (non-hydrogen) atoms. The quantitative estimate of drug-likeness (QED) is 0.408. The number of benzene rings is 2. The van der Waals surface area contributed by atoms with Crippen LogP contribution >= 0.6 is 11.3 Å². The topological polar surface area (TPSA) is 48.6 Å². The number of hydrogen-bond acceptors (Lipinski definition) is 5. The van der Waals surface area contributed by atoms with E-state index in [-0.39, 0.29) is 10.7 Å². The zero-order chi connectivity index (χ0) is 21.9. The molecule has 2 aromatic heterocycles. The molecule has 1 fully saturated rings. The normalized spacial score (nSPS) is 15.0. The Bertz CT molecular complexity index is 1280. The van der Waals surface area contributed by atoms with Gasteiger partial charge in [0.2, 0.25) is 5.56 Å². The first-order valence-corrected chi connectivity index (χ1v) is 11.9. The van der Waals surface area contributed by atoms with Gasteiger partial charge in [-0.3, -0.25) is 9.69 Å². The molecule has 3 heterocycles. The van der Waals surface area contributed by atoms with Gasteiger partial charge in [0.15, 0.2) is 5.13 Å². The van der Waals surface area contributed by atoms with Gasteiger partial charge in [-0.25, -0.2) is 0 Å². The Labute approximate surface area is 190 Å². The number of H-pyrrole nitrogens is 1. The smallest absolute Gasteiger partial charge is 0.248 e. The Balaban J connectivity index is 1.06. The molecule has 1 N–H and O–H groups in total. The Kier molecular flexibility index (Phi) is 6.10. The van der Waals surface area contributed by atoms with Gasteiger partial charge in [0.1, 0.15) is 5.75 Å². The highest BCUT2D eigenvalue weighted by atomic mass is 32.1. The summed E-state index contributed by atoms with van der Waals surface area (Å²) in [4.78, 5) is 19.1. The van der Waals surface area contributed by atoms with Crippen LogP contribution in [-0.4, -0.2) is 49.2 Å². The third-order valence-electron chi connectivity index (χ3n) is 6.05. The number of pyridine rings is 1. The molecule has 0 amide bonds. The molecule has 1 saturated heterocycles. The van der Waals surface area contributed by atoms with Crippen LogP contribution < -0.4 is 15.2 Å². The van der Waals surface area contributed by atoms with Crippen molar-refractivity contribution in [3.63, 3.8) is 0 Å². The van der Waals surface area contributed by atoms with E-state index in [2.05, 4.69) is 20.9 Å². The van der Waals surface area contributed by atoms with Crippen LogP contribution in [0.15, 0.2) is 59.4 Å². The second-order valence-electron chi connectivity index (χ2n) is 8.20. The van der Waals surface area contributed by atoms with Gasteiger partial charge in [0.25, 0.3) is 0 Å². The number of rotatable bonds is 7. The fourth-order valence-corrected chi connectivity index (χ4v) is 5.16. The molecule has 2 aromatic carbocycles. The van der Waals surface area contributed by atoms with Crippen LogP contribution in [0, 0.1) is 5.13 Å². The summed E-state index contributed by atoms with van der Waals surface area (Å²) in [6, 6.07) is 16.9. The summed E-state index contributed by atoms with van der Waals surface area (Å²) in [5, 5.41) is 1.88. The predicted octanol–water partition coefficient (Wildman–Crippen LogP) is 4.86. The van der Waals surface area contributed by atoms with Crippen molar-refractivity contribution < 1.29 is 9.13 Å². The molecule has 5 rings (SSSR count). The molecule has 4 aromatic rings. The highest BCUT2D eigenvalue weighted by molar-refractivity contribution is 7.17. The van der Waals surface area contributed by atoms with Crippen LogP contribution in [0.25, 0.3) is 21.0 Å². The number of aromatic nitrogens is 1. The Hall–Kier alpha value is -2.90. The minimum Gasteiger partial charge on any atom is -0.494 e. The van der Waals surface area contributed by atoms with Gasteiger partial charge in [-0.05, 0) is 61.9 Å². The van der Waals surface area contributed by atoms with E-state index in [0.717, 1.165) is 78.0 Å². The molecule has 0 spiro atoms. The first-order chi connectivity index (χ1) is 15.7.